The highest BCUT2D eigenvalue weighted by atomic mass is 16.6. The highest BCUT2D eigenvalue weighted by molar-refractivity contribution is 4.71. The summed E-state index contributed by atoms with van der Waals surface area (Å²) in [5.41, 5.74) is 2.65. The Morgan fingerprint density at radius 3 is 2.88 bits per heavy atom. The van der Waals surface area contributed by atoms with Crippen LogP contribution in [-0.2, 0) is 4.84 Å². The van der Waals surface area contributed by atoms with Gasteiger partial charge in [-0.1, -0.05) is 12.8 Å². The molecule has 1 aliphatic rings. The van der Waals surface area contributed by atoms with E-state index < -0.39 is 0 Å². The molecule has 0 aliphatic heterocycles. The molecule has 8 heavy (non-hydrogen) atoms. The first-order chi connectivity index (χ1) is 3.93. The molecule has 0 atom stereocenters. The van der Waals surface area contributed by atoms with E-state index in [-0.39, 0.29) is 0 Å². The monoisotopic (exact) mass is 115 g/mol. The molecule has 0 unspecified atom stereocenters. The number of nitrogens with one attached hydrogen (secondary N) is 1. The van der Waals surface area contributed by atoms with Gasteiger partial charge in [0.05, 0.1) is 6.61 Å². The molecule has 0 heterocycles. The lowest BCUT2D eigenvalue weighted by Crippen LogP contribution is -2.08. The first-order valence-corrected chi connectivity index (χ1v) is 3.22. The van der Waals surface area contributed by atoms with Crippen molar-refractivity contribution in [1.82, 2.24) is 5.48 Å². The minimum absolute atomic E-state index is 0.876. The van der Waals surface area contributed by atoms with E-state index >= 15 is 0 Å². The Morgan fingerprint density at radius 2 is 2.38 bits per heavy atom. The van der Waals surface area contributed by atoms with Crippen molar-refractivity contribution in [3.05, 3.63) is 0 Å². The summed E-state index contributed by atoms with van der Waals surface area (Å²) < 4.78 is 0. The molecular weight excluding hydrogens is 102 g/mol. The van der Waals surface area contributed by atoms with Crippen LogP contribution in [0.15, 0.2) is 0 Å². The van der Waals surface area contributed by atoms with Crippen molar-refractivity contribution in [3.63, 3.8) is 0 Å². The summed E-state index contributed by atoms with van der Waals surface area (Å²) in [5, 5.41) is 0. The van der Waals surface area contributed by atoms with Gasteiger partial charge < -0.3 is 4.84 Å². The van der Waals surface area contributed by atoms with Gasteiger partial charge in [0.15, 0.2) is 0 Å². The summed E-state index contributed by atoms with van der Waals surface area (Å²) in [6.07, 6.45) is 4.08. The molecule has 48 valence electrons. The van der Waals surface area contributed by atoms with E-state index in [4.69, 9.17) is 4.84 Å². The van der Waals surface area contributed by atoms with E-state index in [1.165, 1.54) is 19.3 Å². The molecule has 0 amide bonds. The summed E-state index contributed by atoms with van der Waals surface area (Å²) in [7, 11) is 1.80. The Balaban J connectivity index is 1.74. The zero-order valence-corrected chi connectivity index (χ0v) is 5.31. The largest absolute Gasteiger partial charge is 0.302 e. The summed E-state index contributed by atoms with van der Waals surface area (Å²) in [6.45, 7) is 0.876. The third-order valence-electron chi connectivity index (χ3n) is 1.47. The zero-order valence-electron chi connectivity index (χ0n) is 5.31. The van der Waals surface area contributed by atoms with Crippen LogP contribution >= 0.6 is 0 Å². The molecule has 1 N–H and O–H groups in total. The second-order valence-corrected chi connectivity index (χ2v) is 2.28. The second kappa shape index (κ2) is 3.05. The highest BCUT2D eigenvalue weighted by Crippen LogP contribution is 2.31. The molecule has 0 bridgehead atoms. The van der Waals surface area contributed by atoms with E-state index in [1.54, 1.807) is 7.05 Å². The lowest BCUT2D eigenvalue weighted by Gasteiger charge is -1.97. The molecule has 1 aliphatic carbocycles. The first kappa shape index (κ1) is 6.05. The van der Waals surface area contributed by atoms with Crippen molar-refractivity contribution in [2.24, 2.45) is 5.92 Å². The fourth-order valence-corrected chi connectivity index (χ4v) is 0.734. The second-order valence-electron chi connectivity index (χ2n) is 2.28. The standard InChI is InChI=1S/C6H13NO/c1-7-8-5-4-6-2-3-6/h6-7H,2-5H2,1H3. The van der Waals surface area contributed by atoms with E-state index in [1.807, 2.05) is 0 Å². The van der Waals surface area contributed by atoms with E-state index in [0.29, 0.717) is 0 Å². The Hall–Kier alpha value is -0.0800. The van der Waals surface area contributed by atoms with Crippen molar-refractivity contribution < 1.29 is 4.84 Å². The van der Waals surface area contributed by atoms with Crippen LogP contribution < -0.4 is 5.48 Å². The molecule has 1 fully saturated rings. The smallest absolute Gasteiger partial charge is 0.0684 e. The van der Waals surface area contributed by atoms with Gasteiger partial charge in [0.1, 0.15) is 0 Å². The van der Waals surface area contributed by atoms with Crippen molar-refractivity contribution in [3.8, 4) is 0 Å². The van der Waals surface area contributed by atoms with Gasteiger partial charge in [-0.15, -0.1) is 0 Å². The topological polar surface area (TPSA) is 21.3 Å². The molecule has 0 radical (unpaired) electrons. The Kier molecular flexibility index (Phi) is 2.30. The van der Waals surface area contributed by atoms with Gasteiger partial charge in [-0.2, -0.15) is 0 Å². The van der Waals surface area contributed by atoms with Crippen LogP contribution in [0.3, 0.4) is 0 Å². The van der Waals surface area contributed by atoms with Crippen LogP contribution in [0, 0.1) is 5.92 Å². The summed E-state index contributed by atoms with van der Waals surface area (Å²) >= 11 is 0. The number of hydrogen-bond donors (Lipinski definition) is 1. The quantitative estimate of drug-likeness (QED) is 0.435. The van der Waals surface area contributed by atoms with Crippen molar-refractivity contribution >= 4 is 0 Å². The van der Waals surface area contributed by atoms with Gasteiger partial charge in [0.25, 0.3) is 0 Å². The lowest BCUT2D eigenvalue weighted by molar-refractivity contribution is 0.0537. The van der Waals surface area contributed by atoms with Crippen LogP contribution in [0.5, 0.6) is 0 Å². The number of hydrogen-bond acceptors (Lipinski definition) is 2. The molecule has 0 aromatic rings. The van der Waals surface area contributed by atoms with Crippen LogP contribution in [0.2, 0.25) is 0 Å². The summed E-state index contributed by atoms with van der Waals surface area (Å²) in [5.74, 6) is 0.989. The molecule has 1 rings (SSSR count). The molecule has 0 saturated heterocycles. The van der Waals surface area contributed by atoms with Crippen molar-refractivity contribution in [2.45, 2.75) is 19.3 Å². The van der Waals surface area contributed by atoms with Crippen LogP contribution in [0.4, 0.5) is 0 Å². The molecule has 2 nitrogen and oxygen atoms in total. The van der Waals surface area contributed by atoms with Gasteiger partial charge in [-0.05, 0) is 12.3 Å². The van der Waals surface area contributed by atoms with Crippen molar-refractivity contribution in [2.75, 3.05) is 13.7 Å². The van der Waals surface area contributed by atoms with E-state index in [9.17, 15) is 0 Å². The Labute approximate surface area is 50.2 Å². The minimum atomic E-state index is 0.876. The summed E-state index contributed by atoms with van der Waals surface area (Å²) in [4.78, 5) is 4.93. The first-order valence-electron chi connectivity index (χ1n) is 3.22. The highest BCUT2D eigenvalue weighted by Gasteiger charge is 2.20. The maximum atomic E-state index is 4.93. The van der Waals surface area contributed by atoms with E-state index in [2.05, 4.69) is 5.48 Å². The maximum Gasteiger partial charge on any atom is 0.0684 e. The predicted molar refractivity (Wildman–Crippen MR) is 32.4 cm³/mol. The van der Waals surface area contributed by atoms with Crippen molar-refractivity contribution in [1.29, 1.82) is 0 Å². The summed E-state index contributed by atoms with van der Waals surface area (Å²) in [6, 6.07) is 0. The average Bonchev–Trinajstić information content (AvgIpc) is 2.51. The van der Waals surface area contributed by atoms with Gasteiger partial charge in [-0.25, -0.2) is 5.48 Å². The molecule has 1 saturated carbocycles. The minimum Gasteiger partial charge on any atom is -0.302 e. The molecule has 0 aromatic heterocycles. The maximum absolute atomic E-state index is 4.93. The lowest BCUT2D eigenvalue weighted by atomic mass is 10.3. The zero-order chi connectivity index (χ0) is 5.82. The van der Waals surface area contributed by atoms with Gasteiger partial charge >= 0.3 is 0 Å². The van der Waals surface area contributed by atoms with Crippen LogP contribution in [0.25, 0.3) is 0 Å². The SMILES string of the molecule is CNOCCC1CC1. The number of rotatable bonds is 4. The normalized spacial score (nSPS) is 19.1. The predicted octanol–water partition coefficient (Wildman–Crippen LogP) is 0.937. The molecule has 0 spiro atoms. The Morgan fingerprint density at radius 1 is 1.62 bits per heavy atom. The molecular formula is C6H13NO. The van der Waals surface area contributed by atoms with Crippen LogP contribution in [-0.4, -0.2) is 13.7 Å². The molecule has 2 heteroatoms. The Bertz CT molecular complexity index is 61.5. The third kappa shape index (κ3) is 2.28. The number of hydroxylamine groups is 1. The van der Waals surface area contributed by atoms with Gasteiger partial charge in [0.2, 0.25) is 0 Å². The van der Waals surface area contributed by atoms with Crippen LogP contribution in [0.1, 0.15) is 19.3 Å². The average molecular weight is 115 g/mol. The van der Waals surface area contributed by atoms with Gasteiger partial charge in [0, 0.05) is 7.05 Å². The van der Waals surface area contributed by atoms with Gasteiger partial charge in [-0.3, -0.25) is 0 Å². The molecule has 0 aromatic carbocycles. The fraction of sp³-hybridized carbons (Fsp3) is 1.00. The third-order valence-corrected chi connectivity index (χ3v) is 1.47. The fourth-order valence-electron chi connectivity index (χ4n) is 0.734. The van der Waals surface area contributed by atoms with E-state index in [0.717, 1.165) is 12.5 Å².